The summed E-state index contributed by atoms with van der Waals surface area (Å²) < 4.78 is 41.0. The van der Waals surface area contributed by atoms with Crippen molar-refractivity contribution in [2.75, 3.05) is 13.6 Å². The topological polar surface area (TPSA) is 62.5 Å². The smallest absolute Gasteiger partial charge is 0.416 e. The summed E-state index contributed by atoms with van der Waals surface area (Å²) in [5, 5.41) is 9.43. The predicted molar refractivity (Wildman–Crippen MR) is 91.2 cm³/mol. The summed E-state index contributed by atoms with van der Waals surface area (Å²) in [6, 6.07) is -0.240. The molecular weight excluding hydrogens is 349 g/mol. The van der Waals surface area contributed by atoms with E-state index in [9.17, 15) is 27.9 Å². The molecule has 0 spiro atoms. The number of hydrogen-bond donors (Lipinski definition) is 1. The quantitative estimate of drug-likeness (QED) is 0.759. The van der Waals surface area contributed by atoms with Gasteiger partial charge < -0.3 is 14.6 Å². The van der Waals surface area contributed by atoms with Crippen LogP contribution in [-0.2, 0) is 17.4 Å². The number of carbonyl (C=O) groups is 1. The molecule has 26 heavy (non-hydrogen) atoms. The van der Waals surface area contributed by atoms with E-state index in [-0.39, 0.29) is 24.3 Å². The fourth-order valence-electron chi connectivity index (χ4n) is 3.07. The minimum absolute atomic E-state index is 0.0188. The minimum atomic E-state index is -4.65. The first-order valence-electron chi connectivity index (χ1n) is 8.76. The van der Waals surface area contributed by atoms with E-state index in [0.717, 1.165) is 23.6 Å². The molecule has 1 fully saturated rings. The second-order valence-electron chi connectivity index (χ2n) is 7.40. The van der Waals surface area contributed by atoms with E-state index in [0.29, 0.717) is 18.7 Å². The van der Waals surface area contributed by atoms with E-state index in [2.05, 4.69) is 0 Å². The Morgan fingerprint density at radius 2 is 2.00 bits per heavy atom. The third kappa shape index (κ3) is 5.09. The van der Waals surface area contributed by atoms with Crippen LogP contribution in [0.5, 0.6) is 0 Å². The lowest BCUT2D eigenvalue weighted by Crippen LogP contribution is -2.33. The van der Waals surface area contributed by atoms with Gasteiger partial charge in [-0.1, -0.05) is 13.8 Å². The zero-order chi connectivity index (χ0) is 19.6. The SMILES string of the molecule is CC(C)CC(C(=O)O)n1cc(CCN(C)C2CC2)c(C(F)(F)F)cc1=O. The molecule has 5 nitrogen and oxygen atoms in total. The van der Waals surface area contributed by atoms with Crippen LogP contribution in [0.25, 0.3) is 0 Å². The predicted octanol–water partition coefficient (Wildman–Crippen LogP) is 3.18. The highest BCUT2D eigenvalue weighted by molar-refractivity contribution is 5.71. The van der Waals surface area contributed by atoms with Crippen molar-refractivity contribution >= 4 is 5.97 Å². The number of pyridine rings is 1. The molecule has 146 valence electrons. The first-order chi connectivity index (χ1) is 12.0. The van der Waals surface area contributed by atoms with Crippen molar-refractivity contribution in [1.29, 1.82) is 0 Å². The van der Waals surface area contributed by atoms with E-state index in [1.54, 1.807) is 13.8 Å². The summed E-state index contributed by atoms with van der Waals surface area (Å²) in [4.78, 5) is 25.8. The van der Waals surface area contributed by atoms with Crippen molar-refractivity contribution in [3.8, 4) is 0 Å². The van der Waals surface area contributed by atoms with Crippen LogP contribution in [0.3, 0.4) is 0 Å². The normalized spacial score (nSPS) is 16.3. The Hall–Kier alpha value is -1.83. The van der Waals surface area contributed by atoms with Crippen LogP contribution in [0.15, 0.2) is 17.1 Å². The summed E-state index contributed by atoms with van der Waals surface area (Å²) in [6.07, 6.45) is -1.21. The Morgan fingerprint density at radius 3 is 2.46 bits per heavy atom. The molecule has 1 aromatic heterocycles. The number of carboxylic acids is 1. The van der Waals surface area contributed by atoms with Gasteiger partial charge in [0, 0.05) is 24.8 Å². The molecule has 1 aromatic rings. The Morgan fingerprint density at radius 1 is 1.38 bits per heavy atom. The Kier molecular flexibility index (Phi) is 6.16. The number of likely N-dealkylation sites (N-methyl/N-ethyl adjacent to an activating group) is 1. The average Bonchev–Trinajstić information content (AvgIpc) is 3.34. The average molecular weight is 374 g/mol. The maximum absolute atomic E-state index is 13.3. The van der Waals surface area contributed by atoms with Crippen LogP contribution < -0.4 is 5.56 Å². The molecule has 0 amide bonds. The molecule has 0 aliphatic heterocycles. The number of aromatic nitrogens is 1. The number of carboxylic acid groups (broad SMARTS) is 1. The van der Waals surface area contributed by atoms with Crippen LogP contribution in [0.1, 0.15) is 50.3 Å². The van der Waals surface area contributed by atoms with Gasteiger partial charge in [0.2, 0.25) is 0 Å². The second kappa shape index (κ2) is 7.82. The molecule has 1 aliphatic rings. The van der Waals surface area contributed by atoms with Gasteiger partial charge >= 0.3 is 12.1 Å². The van der Waals surface area contributed by atoms with Crippen molar-refractivity contribution in [1.82, 2.24) is 9.47 Å². The number of hydrogen-bond acceptors (Lipinski definition) is 3. The lowest BCUT2D eigenvalue weighted by atomic mass is 10.0. The zero-order valence-corrected chi connectivity index (χ0v) is 15.2. The van der Waals surface area contributed by atoms with Gasteiger partial charge in [-0.25, -0.2) is 4.79 Å². The molecule has 1 heterocycles. The number of rotatable bonds is 8. The molecule has 0 saturated heterocycles. The van der Waals surface area contributed by atoms with Crippen LogP contribution in [0.4, 0.5) is 13.2 Å². The van der Waals surface area contributed by atoms with Crippen LogP contribution in [-0.4, -0.2) is 40.2 Å². The maximum Gasteiger partial charge on any atom is 0.416 e. The van der Waals surface area contributed by atoms with Crippen LogP contribution in [0.2, 0.25) is 0 Å². The first kappa shape index (κ1) is 20.5. The molecule has 8 heteroatoms. The van der Waals surface area contributed by atoms with Crippen molar-refractivity contribution in [3.63, 3.8) is 0 Å². The molecule has 1 aliphatic carbocycles. The summed E-state index contributed by atoms with van der Waals surface area (Å²) in [6.45, 7) is 4.03. The maximum atomic E-state index is 13.3. The highest BCUT2D eigenvalue weighted by atomic mass is 19.4. The molecule has 1 N–H and O–H groups in total. The van der Waals surface area contributed by atoms with Gasteiger partial charge in [-0.15, -0.1) is 0 Å². The molecule has 0 bridgehead atoms. The Balaban J connectivity index is 2.41. The van der Waals surface area contributed by atoms with E-state index in [1.807, 2.05) is 11.9 Å². The highest BCUT2D eigenvalue weighted by Gasteiger charge is 2.35. The van der Waals surface area contributed by atoms with Gasteiger partial charge in [-0.2, -0.15) is 13.2 Å². The summed E-state index contributed by atoms with van der Waals surface area (Å²) in [5.41, 5.74) is -1.96. The number of halogens is 3. The minimum Gasteiger partial charge on any atom is -0.480 e. The van der Waals surface area contributed by atoms with Crippen LogP contribution in [0, 0.1) is 5.92 Å². The molecule has 0 aromatic carbocycles. The third-order valence-electron chi connectivity index (χ3n) is 4.69. The van der Waals surface area contributed by atoms with E-state index >= 15 is 0 Å². The molecule has 1 saturated carbocycles. The van der Waals surface area contributed by atoms with Crippen molar-refractivity contribution in [2.45, 2.75) is 57.8 Å². The van der Waals surface area contributed by atoms with Crippen molar-refractivity contribution in [2.24, 2.45) is 5.92 Å². The Labute approximate surface area is 150 Å². The third-order valence-corrected chi connectivity index (χ3v) is 4.69. The summed E-state index contributed by atoms with van der Waals surface area (Å²) >= 11 is 0. The lowest BCUT2D eigenvalue weighted by molar-refractivity contribution is -0.141. The van der Waals surface area contributed by atoms with Gasteiger partial charge in [0.05, 0.1) is 5.56 Å². The van der Waals surface area contributed by atoms with Gasteiger partial charge in [-0.05, 0) is 44.2 Å². The van der Waals surface area contributed by atoms with Crippen molar-refractivity contribution in [3.05, 3.63) is 33.7 Å². The molecule has 2 rings (SSSR count). The van der Waals surface area contributed by atoms with E-state index < -0.39 is 29.3 Å². The van der Waals surface area contributed by atoms with Crippen molar-refractivity contribution < 1.29 is 23.1 Å². The number of alkyl halides is 3. The van der Waals surface area contributed by atoms with Gasteiger partial charge in [0.25, 0.3) is 5.56 Å². The second-order valence-corrected chi connectivity index (χ2v) is 7.40. The van der Waals surface area contributed by atoms with Gasteiger partial charge in [-0.3, -0.25) is 4.79 Å². The zero-order valence-electron chi connectivity index (χ0n) is 15.2. The van der Waals surface area contributed by atoms with E-state index in [4.69, 9.17) is 0 Å². The number of nitrogens with zero attached hydrogens (tertiary/aromatic N) is 2. The monoisotopic (exact) mass is 374 g/mol. The molecular formula is C18H25F3N2O3. The van der Waals surface area contributed by atoms with Gasteiger partial charge in [0.15, 0.2) is 0 Å². The molecule has 1 atom stereocenters. The molecule has 0 radical (unpaired) electrons. The summed E-state index contributed by atoms with van der Waals surface area (Å²) in [7, 11) is 1.86. The van der Waals surface area contributed by atoms with Crippen LogP contribution >= 0.6 is 0 Å². The number of aliphatic carboxylic acids is 1. The summed E-state index contributed by atoms with van der Waals surface area (Å²) in [5.74, 6) is -1.24. The lowest BCUT2D eigenvalue weighted by Gasteiger charge is -2.22. The largest absolute Gasteiger partial charge is 0.480 e. The Bertz CT molecular complexity index is 709. The van der Waals surface area contributed by atoms with E-state index in [1.165, 1.54) is 0 Å². The standard InChI is InChI=1S/C18H25F3N2O3/c1-11(2)8-15(17(25)26)23-10-12(6-7-22(3)13-4-5-13)14(9-16(23)24)18(19,20)21/h9-11,13,15H,4-8H2,1-3H3,(H,25,26). The highest BCUT2D eigenvalue weighted by Crippen LogP contribution is 2.32. The molecule has 1 unspecified atom stereocenters. The first-order valence-corrected chi connectivity index (χ1v) is 8.76. The fourth-order valence-corrected chi connectivity index (χ4v) is 3.07. The van der Waals surface area contributed by atoms with Gasteiger partial charge in [0.1, 0.15) is 6.04 Å². The fraction of sp³-hybridized carbons (Fsp3) is 0.667.